The van der Waals surface area contributed by atoms with Crippen molar-refractivity contribution in [3.63, 3.8) is 0 Å². The van der Waals surface area contributed by atoms with E-state index in [-0.39, 0.29) is 17.5 Å². The standard InChI is InChI=1S/C33H43FN8O4S/c1-4-42-27(12-13-35-42)38-32(45)28(22-8-6-5-7-9-22)31(44)37-26-11-10-23(18-25(26)34)21(2)29(39-30(43)24-19-36-47-20-24)33(46)41-16-14-40(3)15-17-41/h10-13,18-22,28-29H,4-9,14-17H2,1-3H3,(H,37,44)(H,38,45)(H,39,43)/t21-,28-,29+/m0/s1. The number of piperazine rings is 1. The first-order valence-electron chi connectivity index (χ1n) is 16.3. The van der Waals surface area contributed by atoms with E-state index in [1.807, 2.05) is 14.0 Å². The van der Waals surface area contributed by atoms with E-state index >= 15 is 4.39 Å². The third-order valence-corrected chi connectivity index (χ3v) is 9.88. The first kappa shape index (κ1) is 34.2. The van der Waals surface area contributed by atoms with Crippen LogP contribution in [-0.2, 0) is 20.9 Å². The fourth-order valence-corrected chi connectivity index (χ4v) is 6.91. The number of likely N-dealkylation sites (N-methyl/N-ethyl adjacent to an activating group) is 1. The van der Waals surface area contributed by atoms with Crippen LogP contribution in [0, 0.1) is 17.7 Å². The lowest BCUT2D eigenvalue weighted by atomic mass is 9.79. The van der Waals surface area contributed by atoms with Crippen LogP contribution in [0.4, 0.5) is 15.9 Å². The number of nitrogens with zero attached hydrogens (tertiary/aromatic N) is 5. The van der Waals surface area contributed by atoms with E-state index in [1.54, 1.807) is 40.2 Å². The Morgan fingerprint density at radius 2 is 1.74 bits per heavy atom. The van der Waals surface area contributed by atoms with Crippen LogP contribution in [0.3, 0.4) is 0 Å². The van der Waals surface area contributed by atoms with Crippen LogP contribution in [0.25, 0.3) is 0 Å². The minimum absolute atomic E-state index is 0.0616. The molecule has 0 spiro atoms. The number of aromatic nitrogens is 3. The third-order valence-electron chi connectivity index (χ3n) is 9.29. The van der Waals surface area contributed by atoms with Gasteiger partial charge in [-0.2, -0.15) is 5.10 Å². The van der Waals surface area contributed by atoms with E-state index in [1.165, 1.54) is 18.3 Å². The molecule has 3 N–H and O–H groups in total. The SMILES string of the molecule is CCn1nccc1NC(=O)[C@H](C(=O)Nc1ccc([C@H](C)[C@@H](NC(=O)c2cnsc2)C(=O)N2CCN(C)CC2)cc1F)C1CCCCC1. The van der Waals surface area contributed by atoms with Crippen LogP contribution < -0.4 is 16.0 Å². The second-order valence-corrected chi connectivity index (χ2v) is 13.1. The molecule has 0 unspecified atom stereocenters. The summed E-state index contributed by atoms with van der Waals surface area (Å²) in [6.07, 6.45) is 7.37. The predicted octanol–water partition coefficient (Wildman–Crippen LogP) is 3.95. The lowest BCUT2D eigenvalue weighted by Crippen LogP contribution is -2.55. The molecule has 2 aromatic heterocycles. The Kier molecular flexibility index (Phi) is 11.4. The van der Waals surface area contributed by atoms with Crippen LogP contribution >= 0.6 is 11.5 Å². The highest BCUT2D eigenvalue weighted by atomic mass is 32.1. The maximum absolute atomic E-state index is 15.7. The molecular formula is C33H43FN8O4S. The molecule has 1 aliphatic heterocycles. The second-order valence-electron chi connectivity index (χ2n) is 12.4. The summed E-state index contributed by atoms with van der Waals surface area (Å²) in [6.45, 7) is 6.67. The van der Waals surface area contributed by atoms with Gasteiger partial charge < -0.3 is 25.8 Å². The van der Waals surface area contributed by atoms with Crippen molar-refractivity contribution in [2.24, 2.45) is 11.8 Å². The molecule has 0 radical (unpaired) electrons. The third kappa shape index (κ3) is 8.22. The van der Waals surface area contributed by atoms with Gasteiger partial charge in [0.25, 0.3) is 5.91 Å². The van der Waals surface area contributed by atoms with Crippen molar-refractivity contribution in [1.82, 2.24) is 29.3 Å². The van der Waals surface area contributed by atoms with Gasteiger partial charge in [-0.15, -0.1) is 0 Å². The Morgan fingerprint density at radius 1 is 1.02 bits per heavy atom. The summed E-state index contributed by atoms with van der Waals surface area (Å²) in [5.41, 5.74) is 0.762. The molecule has 2 fully saturated rings. The van der Waals surface area contributed by atoms with E-state index in [4.69, 9.17) is 0 Å². The Morgan fingerprint density at radius 3 is 2.40 bits per heavy atom. The Bertz CT molecular complexity index is 1550. The maximum Gasteiger partial charge on any atom is 0.254 e. The fourth-order valence-electron chi connectivity index (χ4n) is 6.39. The van der Waals surface area contributed by atoms with Gasteiger partial charge in [0.05, 0.1) is 23.6 Å². The number of rotatable bonds is 11. The first-order chi connectivity index (χ1) is 22.7. The van der Waals surface area contributed by atoms with Crippen LogP contribution in [0.15, 0.2) is 42.0 Å². The van der Waals surface area contributed by atoms with Crippen molar-refractivity contribution < 1.29 is 23.6 Å². The van der Waals surface area contributed by atoms with Gasteiger partial charge in [0.15, 0.2) is 0 Å². The highest BCUT2D eigenvalue weighted by molar-refractivity contribution is 7.03. The van der Waals surface area contributed by atoms with Crippen LogP contribution in [0.1, 0.15) is 67.8 Å². The van der Waals surface area contributed by atoms with Gasteiger partial charge in [0.2, 0.25) is 17.7 Å². The average molecular weight is 667 g/mol. The smallest absolute Gasteiger partial charge is 0.254 e. The zero-order valence-electron chi connectivity index (χ0n) is 27.1. The summed E-state index contributed by atoms with van der Waals surface area (Å²) < 4.78 is 21.3. The largest absolute Gasteiger partial charge is 0.340 e. The molecule has 3 atom stereocenters. The summed E-state index contributed by atoms with van der Waals surface area (Å²) in [7, 11) is 1.99. The Hall–Kier alpha value is -4.17. The van der Waals surface area contributed by atoms with E-state index in [0.29, 0.717) is 49.7 Å². The molecule has 2 aliphatic rings. The molecule has 1 aromatic carbocycles. The van der Waals surface area contributed by atoms with Gasteiger partial charge in [-0.25, -0.2) is 13.4 Å². The minimum atomic E-state index is -1.01. The summed E-state index contributed by atoms with van der Waals surface area (Å²) in [5.74, 6) is -3.68. The van der Waals surface area contributed by atoms with Gasteiger partial charge in [0, 0.05) is 50.1 Å². The number of hydrogen-bond donors (Lipinski definition) is 3. The van der Waals surface area contributed by atoms with E-state index < -0.39 is 41.4 Å². The molecule has 1 aliphatic carbocycles. The fraction of sp³-hybridized carbons (Fsp3) is 0.515. The topological polar surface area (TPSA) is 142 Å². The average Bonchev–Trinajstić information content (AvgIpc) is 3.78. The molecule has 47 heavy (non-hydrogen) atoms. The van der Waals surface area contributed by atoms with Crippen molar-refractivity contribution >= 4 is 46.7 Å². The number of amides is 4. The highest BCUT2D eigenvalue weighted by Crippen LogP contribution is 2.33. The number of benzene rings is 1. The molecule has 3 aromatic rings. The molecule has 1 saturated carbocycles. The summed E-state index contributed by atoms with van der Waals surface area (Å²) in [4.78, 5) is 57.8. The minimum Gasteiger partial charge on any atom is -0.340 e. The number of hydrogen-bond acceptors (Lipinski definition) is 8. The summed E-state index contributed by atoms with van der Waals surface area (Å²) in [6, 6.07) is 5.09. The summed E-state index contributed by atoms with van der Waals surface area (Å²) >= 11 is 1.13. The van der Waals surface area contributed by atoms with E-state index in [0.717, 1.165) is 43.6 Å². The monoisotopic (exact) mass is 666 g/mol. The molecular weight excluding hydrogens is 623 g/mol. The van der Waals surface area contributed by atoms with Gasteiger partial charge in [0.1, 0.15) is 23.6 Å². The predicted molar refractivity (Wildman–Crippen MR) is 177 cm³/mol. The zero-order valence-corrected chi connectivity index (χ0v) is 27.9. The Labute approximate surface area is 278 Å². The molecule has 1 saturated heterocycles. The Balaban J connectivity index is 1.34. The van der Waals surface area contributed by atoms with Gasteiger partial charge in [-0.1, -0.05) is 32.3 Å². The van der Waals surface area contributed by atoms with Crippen molar-refractivity contribution in [2.45, 2.75) is 64.5 Å². The summed E-state index contributed by atoms with van der Waals surface area (Å²) in [5, 5.41) is 14.2. The normalized spacial score (nSPS) is 17.8. The lowest BCUT2D eigenvalue weighted by Gasteiger charge is -2.36. The van der Waals surface area contributed by atoms with Gasteiger partial charge >= 0.3 is 0 Å². The van der Waals surface area contributed by atoms with Crippen molar-refractivity contribution in [1.29, 1.82) is 0 Å². The van der Waals surface area contributed by atoms with Crippen LogP contribution in [0.5, 0.6) is 0 Å². The molecule has 5 rings (SSSR count). The molecule has 4 amide bonds. The maximum atomic E-state index is 15.7. The molecule has 252 valence electrons. The molecule has 12 nitrogen and oxygen atoms in total. The van der Waals surface area contributed by atoms with Crippen molar-refractivity contribution in [3.05, 3.63) is 59.0 Å². The number of carbonyl (C=O) groups excluding carboxylic acids is 4. The second kappa shape index (κ2) is 15.6. The zero-order chi connectivity index (χ0) is 33.5. The van der Waals surface area contributed by atoms with E-state index in [2.05, 4.69) is 30.3 Å². The molecule has 3 heterocycles. The van der Waals surface area contributed by atoms with Crippen LogP contribution in [0.2, 0.25) is 0 Å². The quantitative estimate of drug-likeness (QED) is 0.263. The van der Waals surface area contributed by atoms with Crippen molar-refractivity contribution in [3.8, 4) is 0 Å². The van der Waals surface area contributed by atoms with E-state index in [9.17, 15) is 19.2 Å². The van der Waals surface area contributed by atoms with Gasteiger partial charge in [-0.05, 0) is 62.0 Å². The number of carbonyl (C=O) groups is 4. The number of nitrogens with one attached hydrogen (secondary N) is 3. The number of anilines is 2. The lowest BCUT2D eigenvalue weighted by molar-refractivity contribution is -0.135. The van der Waals surface area contributed by atoms with Gasteiger partial charge in [-0.3, -0.25) is 19.2 Å². The van der Waals surface area contributed by atoms with Crippen LogP contribution in [-0.4, -0.2) is 86.9 Å². The van der Waals surface area contributed by atoms with Crippen molar-refractivity contribution in [2.75, 3.05) is 43.9 Å². The molecule has 0 bridgehead atoms. The highest BCUT2D eigenvalue weighted by Gasteiger charge is 2.37. The first-order valence-corrected chi connectivity index (χ1v) is 17.1. The number of halogens is 1. The molecule has 14 heteroatoms. The number of aryl methyl sites for hydroxylation is 1.